The van der Waals surface area contributed by atoms with Crippen molar-refractivity contribution in [3.05, 3.63) is 58.4 Å². The van der Waals surface area contributed by atoms with Crippen LogP contribution < -0.4 is 14.9 Å². The average Bonchev–Trinajstić information content (AvgIpc) is 2.72. The maximum Gasteiger partial charge on any atom is 0.202 e. The van der Waals surface area contributed by atoms with E-state index in [0.717, 1.165) is 48.5 Å². The van der Waals surface area contributed by atoms with E-state index in [1.54, 1.807) is 19.4 Å². The van der Waals surface area contributed by atoms with Crippen LogP contribution in [0.5, 0.6) is 11.5 Å². The number of benzene rings is 2. The van der Waals surface area contributed by atoms with Crippen molar-refractivity contribution in [2.45, 2.75) is 25.6 Å². The van der Waals surface area contributed by atoms with Gasteiger partial charge in [0.1, 0.15) is 23.3 Å². The molecule has 0 spiro atoms. The third-order valence-electron chi connectivity index (χ3n) is 5.50. The summed E-state index contributed by atoms with van der Waals surface area (Å²) in [5.74, 6) is 1.81. The van der Waals surface area contributed by atoms with E-state index < -0.39 is 0 Å². The topological polar surface area (TPSA) is 57.9 Å². The van der Waals surface area contributed by atoms with Crippen LogP contribution in [0, 0.1) is 5.92 Å². The zero-order valence-corrected chi connectivity index (χ0v) is 15.1. The first-order chi connectivity index (χ1) is 13.2. The molecule has 0 amide bonds. The molecule has 3 heterocycles. The molecule has 27 heavy (non-hydrogen) atoms. The first-order valence-electron chi connectivity index (χ1n) is 9.24. The molecule has 0 radical (unpaired) electrons. The summed E-state index contributed by atoms with van der Waals surface area (Å²) in [6.45, 7) is 0.740. The van der Waals surface area contributed by atoms with Crippen molar-refractivity contribution < 1.29 is 18.6 Å². The number of ether oxygens (including phenoxy) is 3. The molecule has 0 saturated carbocycles. The van der Waals surface area contributed by atoms with Gasteiger partial charge in [-0.05, 0) is 49.1 Å². The zero-order valence-electron chi connectivity index (χ0n) is 15.1. The van der Waals surface area contributed by atoms with Gasteiger partial charge in [-0.1, -0.05) is 12.1 Å². The first kappa shape index (κ1) is 16.4. The number of methoxy groups -OCH3 is 1. The van der Waals surface area contributed by atoms with E-state index in [1.165, 1.54) is 0 Å². The second kappa shape index (κ2) is 6.43. The lowest BCUT2D eigenvalue weighted by Gasteiger charge is -2.36. The van der Waals surface area contributed by atoms with Gasteiger partial charge < -0.3 is 18.6 Å². The van der Waals surface area contributed by atoms with Gasteiger partial charge >= 0.3 is 0 Å². The Balaban J connectivity index is 1.60. The van der Waals surface area contributed by atoms with E-state index in [0.29, 0.717) is 22.5 Å². The van der Waals surface area contributed by atoms with Crippen molar-refractivity contribution >= 4 is 11.0 Å². The summed E-state index contributed by atoms with van der Waals surface area (Å²) in [7, 11) is 1.62. The second-order valence-corrected chi connectivity index (χ2v) is 7.09. The standard InChI is InChI=1S/C22H20O5/c1-24-15-6-4-13(5-7-15)18-12-26-21-16(20(18)23)8-9-19-17(21)11-14-3-2-10-25-22(14)27-19/h4-9,12,14,22H,2-3,10-11H2,1H3. The Bertz CT molecular complexity index is 1050. The maximum absolute atomic E-state index is 13.1. The molecule has 0 bridgehead atoms. The minimum absolute atomic E-state index is 0.0359. The fraction of sp³-hybridized carbons (Fsp3) is 0.318. The molecule has 0 aliphatic carbocycles. The SMILES string of the molecule is COc1ccc(-c2coc3c4c(ccc3c2=O)OC2OCCCC2C4)cc1. The predicted octanol–water partition coefficient (Wildman–Crippen LogP) is 4.16. The zero-order chi connectivity index (χ0) is 18.4. The van der Waals surface area contributed by atoms with Crippen LogP contribution in [-0.2, 0) is 11.2 Å². The molecular formula is C22H20O5. The van der Waals surface area contributed by atoms with Crippen molar-refractivity contribution in [3.63, 3.8) is 0 Å². The highest BCUT2D eigenvalue weighted by molar-refractivity contribution is 5.86. The summed E-state index contributed by atoms with van der Waals surface area (Å²) in [5, 5.41) is 0.584. The van der Waals surface area contributed by atoms with Gasteiger partial charge in [-0.15, -0.1) is 0 Å². The van der Waals surface area contributed by atoms with Crippen molar-refractivity contribution in [2.24, 2.45) is 5.92 Å². The van der Waals surface area contributed by atoms with Crippen LogP contribution in [0.3, 0.4) is 0 Å². The average molecular weight is 364 g/mol. The normalized spacial score (nSPS) is 21.2. The van der Waals surface area contributed by atoms with E-state index in [-0.39, 0.29) is 11.7 Å². The third kappa shape index (κ3) is 2.70. The predicted molar refractivity (Wildman–Crippen MR) is 101 cm³/mol. The van der Waals surface area contributed by atoms with Gasteiger partial charge in [0.15, 0.2) is 0 Å². The van der Waals surface area contributed by atoms with E-state index in [2.05, 4.69) is 0 Å². The van der Waals surface area contributed by atoms with Crippen molar-refractivity contribution in [2.75, 3.05) is 13.7 Å². The Labute approximate surface area is 156 Å². The van der Waals surface area contributed by atoms with Crippen molar-refractivity contribution in [1.82, 2.24) is 0 Å². The fourth-order valence-electron chi connectivity index (χ4n) is 4.05. The smallest absolute Gasteiger partial charge is 0.202 e. The van der Waals surface area contributed by atoms with Crippen LogP contribution in [0.1, 0.15) is 18.4 Å². The maximum atomic E-state index is 13.1. The third-order valence-corrected chi connectivity index (χ3v) is 5.50. The number of rotatable bonds is 2. The van der Waals surface area contributed by atoms with Gasteiger partial charge in [0.05, 0.1) is 24.7 Å². The summed E-state index contributed by atoms with van der Waals surface area (Å²) in [5.41, 5.74) is 2.91. The molecule has 2 atom stereocenters. The van der Waals surface area contributed by atoms with Crippen LogP contribution in [0.4, 0.5) is 0 Å². The largest absolute Gasteiger partial charge is 0.497 e. The fourth-order valence-corrected chi connectivity index (χ4v) is 4.05. The van der Waals surface area contributed by atoms with Crippen molar-refractivity contribution in [1.29, 1.82) is 0 Å². The molecular weight excluding hydrogens is 344 g/mol. The van der Waals surface area contributed by atoms with E-state index >= 15 is 0 Å². The van der Waals surface area contributed by atoms with Crippen LogP contribution in [0.25, 0.3) is 22.1 Å². The summed E-state index contributed by atoms with van der Waals surface area (Å²) >= 11 is 0. The summed E-state index contributed by atoms with van der Waals surface area (Å²) in [6, 6.07) is 11.0. The first-order valence-corrected chi connectivity index (χ1v) is 9.24. The lowest BCUT2D eigenvalue weighted by Crippen LogP contribution is -2.38. The molecule has 1 aromatic heterocycles. The highest BCUT2D eigenvalue weighted by Crippen LogP contribution is 2.39. The molecule has 1 saturated heterocycles. The molecule has 1 fully saturated rings. The van der Waals surface area contributed by atoms with Crippen LogP contribution in [-0.4, -0.2) is 20.0 Å². The van der Waals surface area contributed by atoms with E-state index in [1.807, 2.05) is 30.3 Å². The van der Waals surface area contributed by atoms with Gasteiger partial charge in [-0.3, -0.25) is 4.79 Å². The minimum Gasteiger partial charge on any atom is -0.497 e. The number of hydrogen-bond donors (Lipinski definition) is 0. The molecule has 3 aromatic rings. The van der Waals surface area contributed by atoms with E-state index in [9.17, 15) is 4.79 Å². The molecule has 2 aliphatic heterocycles. The van der Waals surface area contributed by atoms with Crippen LogP contribution in [0.2, 0.25) is 0 Å². The Morgan fingerprint density at radius 3 is 2.78 bits per heavy atom. The quantitative estimate of drug-likeness (QED) is 0.683. The number of fused-ring (bicyclic) bond motifs is 4. The molecule has 2 unspecified atom stereocenters. The lowest BCUT2D eigenvalue weighted by molar-refractivity contribution is -0.148. The monoisotopic (exact) mass is 364 g/mol. The minimum atomic E-state index is -0.186. The van der Waals surface area contributed by atoms with Crippen LogP contribution in [0.15, 0.2) is 51.9 Å². The van der Waals surface area contributed by atoms with Gasteiger partial charge in [0.25, 0.3) is 0 Å². The second-order valence-electron chi connectivity index (χ2n) is 7.09. The summed E-state index contributed by atoms with van der Waals surface area (Å²) in [4.78, 5) is 13.1. The van der Waals surface area contributed by atoms with Gasteiger partial charge in [-0.25, -0.2) is 0 Å². The highest BCUT2D eigenvalue weighted by Gasteiger charge is 2.34. The Morgan fingerprint density at radius 1 is 1.11 bits per heavy atom. The van der Waals surface area contributed by atoms with Gasteiger partial charge in [-0.2, -0.15) is 0 Å². The number of hydrogen-bond acceptors (Lipinski definition) is 5. The summed E-state index contributed by atoms with van der Waals surface area (Å²) in [6.07, 6.45) is 4.28. The molecule has 5 nitrogen and oxygen atoms in total. The van der Waals surface area contributed by atoms with E-state index in [4.69, 9.17) is 18.6 Å². The molecule has 2 aliphatic rings. The molecule has 0 N–H and O–H groups in total. The Hall–Kier alpha value is -2.79. The Morgan fingerprint density at radius 2 is 1.96 bits per heavy atom. The highest BCUT2D eigenvalue weighted by atomic mass is 16.7. The van der Waals surface area contributed by atoms with Crippen molar-refractivity contribution in [3.8, 4) is 22.6 Å². The molecule has 5 rings (SSSR count). The van der Waals surface area contributed by atoms with Crippen LogP contribution >= 0.6 is 0 Å². The molecule has 138 valence electrons. The van der Waals surface area contributed by atoms with Gasteiger partial charge in [0, 0.05) is 11.5 Å². The summed E-state index contributed by atoms with van der Waals surface area (Å²) < 4.78 is 22.9. The molecule has 5 heteroatoms. The lowest BCUT2D eigenvalue weighted by atomic mass is 9.89. The van der Waals surface area contributed by atoms with Gasteiger partial charge in [0.2, 0.25) is 11.7 Å². The molecule has 2 aromatic carbocycles. The Kier molecular flexibility index (Phi) is 3.90.